The Balaban J connectivity index is 1.70. The normalized spacial score (nSPS) is 11.8. The molecule has 0 radical (unpaired) electrons. The Kier molecular flexibility index (Phi) is 4.71. The van der Waals surface area contributed by atoms with Gasteiger partial charge in [0.15, 0.2) is 0 Å². The fourth-order valence-corrected chi connectivity index (χ4v) is 2.56. The topological polar surface area (TPSA) is 29.1 Å². The smallest absolute Gasteiger partial charge is 0.251 e. The van der Waals surface area contributed by atoms with Gasteiger partial charge in [-0.2, -0.15) is 0 Å². The van der Waals surface area contributed by atoms with Gasteiger partial charge in [-0.25, -0.2) is 4.39 Å². The second-order valence-corrected chi connectivity index (χ2v) is 5.69. The molecule has 0 aromatic heterocycles. The predicted molar refractivity (Wildman–Crippen MR) is 94.2 cm³/mol. The first-order valence-electron chi connectivity index (χ1n) is 7.85. The van der Waals surface area contributed by atoms with Gasteiger partial charge in [0.05, 0.1) is 6.04 Å². The van der Waals surface area contributed by atoms with E-state index in [4.69, 9.17) is 0 Å². The van der Waals surface area contributed by atoms with Crippen molar-refractivity contribution in [2.45, 2.75) is 13.0 Å². The van der Waals surface area contributed by atoms with Crippen LogP contribution in [0.25, 0.3) is 11.1 Å². The molecule has 2 nitrogen and oxygen atoms in total. The number of carbonyl (C=O) groups is 1. The molecule has 1 atom stereocenters. The Morgan fingerprint density at radius 1 is 0.833 bits per heavy atom. The van der Waals surface area contributed by atoms with Gasteiger partial charge in [0.25, 0.3) is 5.91 Å². The van der Waals surface area contributed by atoms with Gasteiger partial charge in [-0.15, -0.1) is 0 Å². The Bertz CT molecular complexity index is 811. The molecule has 24 heavy (non-hydrogen) atoms. The van der Waals surface area contributed by atoms with Crippen LogP contribution in [0.5, 0.6) is 0 Å². The van der Waals surface area contributed by atoms with E-state index < -0.39 is 0 Å². The number of carbonyl (C=O) groups excluding carboxylic acids is 1. The quantitative estimate of drug-likeness (QED) is 0.721. The average molecular weight is 319 g/mol. The van der Waals surface area contributed by atoms with Gasteiger partial charge in [-0.05, 0) is 47.9 Å². The molecule has 1 N–H and O–H groups in total. The highest BCUT2D eigenvalue weighted by Gasteiger charge is 2.11. The summed E-state index contributed by atoms with van der Waals surface area (Å²) in [5.41, 5.74) is 3.65. The third-order valence-electron chi connectivity index (χ3n) is 3.97. The highest BCUT2D eigenvalue weighted by atomic mass is 19.1. The van der Waals surface area contributed by atoms with E-state index in [1.54, 1.807) is 12.1 Å². The number of hydrogen-bond acceptors (Lipinski definition) is 1. The largest absolute Gasteiger partial charge is 0.346 e. The molecule has 0 fully saturated rings. The second-order valence-electron chi connectivity index (χ2n) is 5.69. The summed E-state index contributed by atoms with van der Waals surface area (Å²) >= 11 is 0. The third-order valence-corrected chi connectivity index (χ3v) is 3.97. The van der Waals surface area contributed by atoms with E-state index in [0.717, 1.165) is 16.7 Å². The zero-order valence-corrected chi connectivity index (χ0v) is 13.4. The van der Waals surface area contributed by atoms with E-state index in [9.17, 15) is 9.18 Å². The average Bonchev–Trinajstić information content (AvgIpc) is 2.63. The van der Waals surface area contributed by atoms with Crippen LogP contribution in [0, 0.1) is 5.82 Å². The Labute approximate surface area is 141 Å². The van der Waals surface area contributed by atoms with E-state index in [1.807, 2.05) is 61.5 Å². The van der Waals surface area contributed by atoms with Gasteiger partial charge in [0.1, 0.15) is 5.82 Å². The maximum absolute atomic E-state index is 13.0. The monoisotopic (exact) mass is 319 g/mol. The number of halogens is 1. The van der Waals surface area contributed by atoms with Crippen LogP contribution in [-0.2, 0) is 0 Å². The minimum atomic E-state index is -0.284. The lowest BCUT2D eigenvalue weighted by molar-refractivity contribution is 0.0940. The first-order chi connectivity index (χ1) is 11.6. The molecule has 0 spiro atoms. The zero-order chi connectivity index (χ0) is 16.9. The maximum atomic E-state index is 13.0. The molecular weight excluding hydrogens is 301 g/mol. The third kappa shape index (κ3) is 3.69. The first kappa shape index (κ1) is 15.9. The molecule has 3 aromatic carbocycles. The summed E-state index contributed by atoms with van der Waals surface area (Å²) in [5.74, 6) is -0.430. The molecule has 1 amide bonds. The van der Waals surface area contributed by atoms with Crippen LogP contribution in [0.4, 0.5) is 4.39 Å². The maximum Gasteiger partial charge on any atom is 0.251 e. The van der Waals surface area contributed by atoms with E-state index in [0.29, 0.717) is 5.56 Å². The summed E-state index contributed by atoms with van der Waals surface area (Å²) in [7, 11) is 0. The molecule has 0 saturated heterocycles. The van der Waals surface area contributed by atoms with Crippen LogP contribution in [0.15, 0.2) is 78.9 Å². The van der Waals surface area contributed by atoms with Crippen LogP contribution in [0.1, 0.15) is 28.9 Å². The lowest BCUT2D eigenvalue weighted by atomic mass is 10.0. The first-order valence-corrected chi connectivity index (χ1v) is 7.85. The van der Waals surface area contributed by atoms with Crippen LogP contribution in [-0.4, -0.2) is 5.91 Å². The summed E-state index contributed by atoms with van der Waals surface area (Å²) in [5, 5.41) is 2.93. The molecule has 120 valence electrons. The van der Waals surface area contributed by atoms with Crippen LogP contribution in [0.2, 0.25) is 0 Å². The van der Waals surface area contributed by atoms with Gasteiger partial charge >= 0.3 is 0 Å². The molecule has 1 unspecified atom stereocenters. The Morgan fingerprint density at radius 3 is 2.04 bits per heavy atom. The van der Waals surface area contributed by atoms with E-state index >= 15 is 0 Å². The summed E-state index contributed by atoms with van der Waals surface area (Å²) < 4.78 is 13.0. The summed E-state index contributed by atoms with van der Waals surface area (Å²) in [6.45, 7) is 1.88. The van der Waals surface area contributed by atoms with E-state index in [2.05, 4.69) is 5.32 Å². The molecule has 3 heteroatoms. The van der Waals surface area contributed by atoms with Gasteiger partial charge in [0, 0.05) is 5.56 Å². The molecule has 0 bridgehead atoms. The van der Waals surface area contributed by atoms with E-state index in [-0.39, 0.29) is 17.8 Å². The fraction of sp³-hybridized carbons (Fsp3) is 0.0952. The van der Waals surface area contributed by atoms with Crippen LogP contribution >= 0.6 is 0 Å². The van der Waals surface area contributed by atoms with Crippen molar-refractivity contribution in [1.29, 1.82) is 0 Å². The molecule has 0 aliphatic rings. The lowest BCUT2D eigenvalue weighted by Gasteiger charge is -2.14. The fourth-order valence-electron chi connectivity index (χ4n) is 2.56. The number of nitrogens with one attached hydrogen (secondary N) is 1. The van der Waals surface area contributed by atoms with E-state index in [1.165, 1.54) is 12.1 Å². The molecular formula is C21H18FNO. The summed E-state index contributed by atoms with van der Waals surface area (Å²) in [6.07, 6.45) is 0. The van der Waals surface area contributed by atoms with Gasteiger partial charge in [-0.1, -0.05) is 54.6 Å². The second kappa shape index (κ2) is 7.09. The summed E-state index contributed by atoms with van der Waals surface area (Å²) in [6, 6.07) is 23.5. The van der Waals surface area contributed by atoms with Crippen LogP contribution in [0.3, 0.4) is 0 Å². The Hall–Kier alpha value is -2.94. The van der Waals surface area contributed by atoms with Crippen molar-refractivity contribution < 1.29 is 9.18 Å². The molecule has 3 rings (SSSR count). The highest BCUT2D eigenvalue weighted by molar-refractivity contribution is 5.94. The molecule has 0 aliphatic heterocycles. The van der Waals surface area contributed by atoms with Crippen molar-refractivity contribution in [1.82, 2.24) is 5.32 Å². The van der Waals surface area contributed by atoms with Gasteiger partial charge in [-0.3, -0.25) is 4.79 Å². The SMILES string of the molecule is CC(NC(=O)c1ccc(-c2ccccc2)cc1)c1ccc(F)cc1. The lowest BCUT2D eigenvalue weighted by Crippen LogP contribution is -2.26. The molecule has 3 aromatic rings. The van der Waals surface area contributed by atoms with Crippen molar-refractivity contribution in [3.8, 4) is 11.1 Å². The molecule has 0 heterocycles. The number of rotatable bonds is 4. The van der Waals surface area contributed by atoms with Crippen molar-refractivity contribution in [2.75, 3.05) is 0 Å². The zero-order valence-electron chi connectivity index (χ0n) is 13.4. The van der Waals surface area contributed by atoms with Gasteiger partial charge in [0.2, 0.25) is 0 Å². The minimum absolute atomic E-state index is 0.147. The standard InChI is InChI=1S/C21H18FNO/c1-15(16-11-13-20(22)14-12-16)23-21(24)19-9-7-18(8-10-19)17-5-3-2-4-6-17/h2-15H,1H3,(H,23,24). The van der Waals surface area contributed by atoms with Gasteiger partial charge < -0.3 is 5.32 Å². The predicted octanol–water partition coefficient (Wildman–Crippen LogP) is 4.98. The minimum Gasteiger partial charge on any atom is -0.346 e. The molecule has 0 saturated carbocycles. The Morgan fingerprint density at radius 2 is 1.42 bits per heavy atom. The van der Waals surface area contributed by atoms with Crippen molar-refractivity contribution in [3.05, 3.63) is 95.8 Å². The number of benzene rings is 3. The van der Waals surface area contributed by atoms with Crippen LogP contribution < -0.4 is 5.32 Å². The highest BCUT2D eigenvalue weighted by Crippen LogP contribution is 2.20. The van der Waals surface area contributed by atoms with Crippen molar-refractivity contribution in [3.63, 3.8) is 0 Å². The molecule has 0 aliphatic carbocycles. The van der Waals surface area contributed by atoms with Crippen molar-refractivity contribution >= 4 is 5.91 Å². The van der Waals surface area contributed by atoms with Crippen molar-refractivity contribution in [2.24, 2.45) is 0 Å². The number of hydrogen-bond donors (Lipinski definition) is 1. The number of amides is 1. The summed E-state index contributed by atoms with van der Waals surface area (Å²) in [4.78, 5) is 12.4.